The highest BCUT2D eigenvalue weighted by Crippen LogP contribution is 2.14. The molecule has 0 saturated heterocycles. The molecule has 0 amide bonds. The molecule has 3 heterocycles. The lowest BCUT2D eigenvalue weighted by Gasteiger charge is -2.03. The summed E-state index contributed by atoms with van der Waals surface area (Å²) in [7, 11) is 0. The van der Waals surface area contributed by atoms with Gasteiger partial charge in [-0.3, -0.25) is 10.1 Å². The summed E-state index contributed by atoms with van der Waals surface area (Å²) in [6, 6.07) is 3.69. The van der Waals surface area contributed by atoms with E-state index >= 15 is 0 Å². The van der Waals surface area contributed by atoms with Crippen molar-refractivity contribution >= 4 is 40.6 Å². The SMILES string of the molecule is C=Cc1cc2c[nH][nH]c(N=C3C=CC4=NN=CC4=C3)ccnccnc2[nH]1. The maximum atomic E-state index is 4.60. The molecule has 0 atom stereocenters. The molecule has 2 aromatic heterocycles. The molecule has 0 fully saturated rings. The van der Waals surface area contributed by atoms with Gasteiger partial charge in [-0.15, -0.1) is 0 Å². The molecule has 1 aliphatic heterocycles. The van der Waals surface area contributed by atoms with Crippen molar-refractivity contribution in [2.24, 2.45) is 15.2 Å². The van der Waals surface area contributed by atoms with E-state index in [4.69, 9.17) is 0 Å². The Balaban J connectivity index is 1.78. The normalized spacial score (nSPS) is 15.8. The number of rotatable bonds is 2. The van der Waals surface area contributed by atoms with Gasteiger partial charge in [-0.2, -0.15) is 10.2 Å². The topological polar surface area (TPSA) is 110 Å². The second kappa shape index (κ2) is 7.44. The minimum Gasteiger partial charge on any atom is -0.340 e. The second-order valence-corrected chi connectivity index (χ2v) is 5.62. The van der Waals surface area contributed by atoms with E-state index in [2.05, 4.69) is 46.9 Å². The first-order valence-corrected chi connectivity index (χ1v) is 8.21. The minimum absolute atomic E-state index is 0.591. The van der Waals surface area contributed by atoms with E-state index in [1.54, 1.807) is 43.1 Å². The summed E-state index contributed by atoms with van der Waals surface area (Å²) in [6.07, 6.45) is 15.8. The van der Waals surface area contributed by atoms with Crippen LogP contribution in [-0.2, 0) is 0 Å². The van der Waals surface area contributed by atoms with Crippen molar-refractivity contribution in [1.29, 1.82) is 0 Å². The summed E-state index contributed by atoms with van der Waals surface area (Å²) in [5.41, 5.74) is 4.14. The Morgan fingerprint density at radius 3 is 3.04 bits per heavy atom. The number of hydrogen-bond acceptors (Lipinski definition) is 5. The summed E-state index contributed by atoms with van der Waals surface area (Å²) < 4.78 is 0. The number of hydrogen-bond donors (Lipinski definition) is 3. The van der Waals surface area contributed by atoms with Crippen LogP contribution in [0.25, 0.3) is 17.1 Å². The van der Waals surface area contributed by atoms with Crippen molar-refractivity contribution in [2.75, 3.05) is 0 Å². The van der Waals surface area contributed by atoms with Crippen molar-refractivity contribution in [3.63, 3.8) is 0 Å². The molecular weight excluding hydrogens is 340 g/mol. The predicted octanol–water partition coefficient (Wildman–Crippen LogP) is 3.52. The first kappa shape index (κ1) is 16.4. The zero-order chi connectivity index (χ0) is 18.5. The van der Waals surface area contributed by atoms with Gasteiger partial charge in [0, 0.05) is 47.5 Å². The van der Waals surface area contributed by atoms with Crippen LogP contribution >= 0.6 is 0 Å². The van der Waals surface area contributed by atoms with Crippen LogP contribution in [0.3, 0.4) is 0 Å². The Kier molecular flexibility index (Phi) is 4.52. The van der Waals surface area contributed by atoms with E-state index in [0.29, 0.717) is 11.5 Å². The molecule has 2 aromatic rings. The molecule has 0 aromatic carbocycles. The van der Waals surface area contributed by atoms with E-state index in [1.165, 1.54) is 0 Å². The molecule has 0 spiro atoms. The van der Waals surface area contributed by atoms with Crippen molar-refractivity contribution in [1.82, 2.24) is 25.1 Å². The highest BCUT2D eigenvalue weighted by atomic mass is 15.2. The maximum absolute atomic E-state index is 4.60. The first-order chi connectivity index (χ1) is 13.3. The van der Waals surface area contributed by atoms with Gasteiger partial charge in [0.15, 0.2) is 0 Å². The Hall–Kier alpha value is -4.07. The van der Waals surface area contributed by atoms with E-state index in [-0.39, 0.29) is 0 Å². The number of H-pyrrole nitrogens is 3. The van der Waals surface area contributed by atoms with E-state index in [0.717, 1.165) is 28.1 Å². The van der Waals surface area contributed by atoms with Crippen molar-refractivity contribution in [2.45, 2.75) is 0 Å². The van der Waals surface area contributed by atoms with E-state index < -0.39 is 0 Å². The third-order valence-electron chi connectivity index (χ3n) is 3.79. The summed E-state index contributed by atoms with van der Waals surface area (Å²) in [6.45, 7) is 3.77. The molecule has 0 saturated carbocycles. The standard InChI is InChI=1S/C19H16N8/c1-2-15-10-14-12-23-27-18(5-6-20-7-8-21-19(14)25-15)24-16-3-4-17-13(9-16)11-22-26-17/h2-12,23,27H,1H2,(H,21,25). The summed E-state index contributed by atoms with van der Waals surface area (Å²) in [5.74, 6) is 0.591. The molecule has 132 valence electrons. The molecule has 27 heavy (non-hydrogen) atoms. The molecule has 8 heteroatoms. The number of nitrogens with one attached hydrogen (secondary N) is 3. The lowest BCUT2D eigenvalue weighted by molar-refractivity contribution is 1.04. The molecule has 0 radical (unpaired) electrons. The van der Waals surface area contributed by atoms with Gasteiger partial charge in [-0.1, -0.05) is 6.58 Å². The zero-order valence-electron chi connectivity index (χ0n) is 14.3. The average molecular weight is 356 g/mol. The Bertz CT molecular complexity index is 1150. The van der Waals surface area contributed by atoms with Crippen LogP contribution in [0.5, 0.6) is 0 Å². The average Bonchev–Trinajstić information content (AvgIpc) is 3.29. The molecule has 2 aliphatic rings. The molecule has 8 nitrogen and oxygen atoms in total. The van der Waals surface area contributed by atoms with E-state index in [1.807, 2.05) is 24.3 Å². The number of nitrogens with zero attached hydrogens (tertiary/aromatic N) is 5. The highest BCUT2D eigenvalue weighted by Gasteiger charge is 2.12. The quantitative estimate of drug-likeness (QED) is 0.715. The van der Waals surface area contributed by atoms with Gasteiger partial charge in [0.25, 0.3) is 0 Å². The van der Waals surface area contributed by atoms with Crippen molar-refractivity contribution in [3.8, 4) is 0 Å². The summed E-state index contributed by atoms with van der Waals surface area (Å²) >= 11 is 0. The Morgan fingerprint density at radius 2 is 2.11 bits per heavy atom. The van der Waals surface area contributed by atoms with Gasteiger partial charge in [0.1, 0.15) is 11.5 Å². The lowest BCUT2D eigenvalue weighted by atomic mass is 10.0. The maximum Gasteiger partial charge on any atom is 0.146 e. The minimum atomic E-state index is 0.591. The number of fused-ring (bicyclic) bond motifs is 2. The largest absolute Gasteiger partial charge is 0.340 e. The summed E-state index contributed by atoms with van der Waals surface area (Å²) in [5, 5.41) is 14.9. The zero-order valence-corrected chi connectivity index (χ0v) is 14.3. The van der Waals surface area contributed by atoms with Crippen LogP contribution in [-0.4, -0.2) is 42.8 Å². The number of allylic oxidation sites excluding steroid dienone is 4. The van der Waals surface area contributed by atoms with Gasteiger partial charge in [0.2, 0.25) is 0 Å². The van der Waals surface area contributed by atoms with Gasteiger partial charge in [-0.25, -0.2) is 9.98 Å². The predicted molar refractivity (Wildman–Crippen MR) is 108 cm³/mol. The molecule has 0 unspecified atom stereocenters. The molecule has 4 rings (SSSR count). The lowest BCUT2D eigenvalue weighted by Crippen LogP contribution is -2.05. The van der Waals surface area contributed by atoms with Crippen LogP contribution in [0.4, 0.5) is 5.82 Å². The highest BCUT2D eigenvalue weighted by molar-refractivity contribution is 6.31. The second-order valence-electron chi connectivity index (χ2n) is 5.62. The van der Waals surface area contributed by atoms with Gasteiger partial charge >= 0.3 is 0 Å². The monoisotopic (exact) mass is 356 g/mol. The molecule has 0 bridgehead atoms. The summed E-state index contributed by atoms with van der Waals surface area (Å²) in [4.78, 5) is 16.3. The fraction of sp³-hybridized carbons (Fsp3) is 0. The van der Waals surface area contributed by atoms with Crippen molar-refractivity contribution < 1.29 is 0 Å². The van der Waals surface area contributed by atoms with E-state index in [9.17, 15) is 0 Å². The van der Waals surface area contributed by atoms with Gasteiger partial charge in [0.05, 0.1) is 17.6 Å². The number of aromatic nitrogens is 5. The molecular formula is C19H16N8. The van der Waals surface area contributed by atoms with Gasteiger partial charge < -0.3 is 10.1 Å². The Morgan fingerprint density at radius 1 is 1.15 bits per heavy atom. The molecule has 1 aliphatic carbocycles. The number of aromatic amines is 3. The molecule has 3 N–H and O–H groups in total. The van der Waals surface area contributed by atoms with Crippen molar-refractivity contribution in [3.05, 3.63) is 73.0 Å². The smallest absolute Gasteiger partial charge is 0.146 e. The number of aliphatic imine (C=N–C) groups is 1. The van der Waals surface area contributed by atoms with Gasteiger partial charge in [-0.05, 0) is 30.4 Å². The first-order valence-electron chi connectivity index (χ1n) is 8.21. The Labute approximate surface area is 154 Å². The van der Waals surface area contributed by atoms with Crippen LogP contribution in [0.2, 0.25) is 0 Å². The fourth-order valence-electron chi connectivity index (χ4n) is 2.51. The van der Waals surface area contributed by atoms with Crippen LogP contribution in [0.15, 0.2) is 82.5 Å². The third kappa shape index (κ3) is 3.79. The third-order valence-corrected chi connectivity index (χ3v) is 3.79. The van der Waals surface area contributed by atoms with Crippen LogP contribution in [0, 0.1) is 0 Å². The van der Waals surface area contributed by atoms with Crippen LogP contribution in [0.1, 0.15) is 5.69 Å². The van der Waals surface area contributed by atoms with Crippen LogP contribution < -0.4 is 0 Å². The fourth-order valence-corrected chi connectivity index (χ4v) is 2.51.